The third-order valence-electron chi connectivity index (χ3n) is 4.61. The van der Waals surface area contributed by atoms with Crippen molar-refractivity contribution in [2.75, 3.05) is 0 Å². The first-order valence-corrected chi connectivity index (χ1v) is 8.91. The van der Waals surface area contributed by atoms with Crippen LogP contribution in [-0.4, -0.2) is 18.1 Å². The van der Waals surface area contributed by atoms with Gasteiger partial charge in [0.1, 0.15) is 5.75 Å². The average molecular weight is 377 g/mol. The Morgan fingerprint density at radius 1 is 1.15 bits per heavy atom. The molecule has 0 aromatic heterocycles. The zero-order valence-corrected chi connectivity index (χ0v) is 15.5. The van der Waals surface area contributed by atoms with Gasteiger partial charge in [0.05, 0.1) is 17.2 Å². The summed E-state index contributed by atoms with van der Waals surface area (Å²) in [7, 11) is 0. The first-order valence-electron chi connectivity index (χ1n) is 8.91. The Kier molecular flexibility index (Phi) is 5.18. The van der Waals surface area contributed by atoms with Crippen molar-refractivity contribution < 1.29 is 22.7 Å². The van der Waals surface area contributed by atoms with Crippen LogP contribution < -0.4 is 10.1 Å². The lowest BCUT2D eigenvalue weighted by Crippen LogP contribution is -2.35. The molecule has 1 aliphatic carbocycles. The fraction of sp³-hybridized carbons (Fsp3) is 0.381. The second kappa shape index (κ2) is 7.25. The van der Waals surface area contributed by atoms with E-state index < -0.39 is 11.7 Å². The Balaban J connectivity index is 1.76. The highest BCUT2D eigenvalue weighted by molar-refractivity contribution is 5.97. The number of rotatable bonds is 4. The number of aryl methyl sites for hydroxylation is 1. The summed E-state index contributed by atoms with van der Waals surface area (Å²) in [6, 6.07) is 8.91. The molecule has 27 heavy (non-hydrogen) atoms. The maximum Gasteiger partial charge on any atom is 0.416 e. The van der Waals surface area contributed by atoms with Gasteiger partial charge in [-0.05, 0) is 68.5 Å². The van der Waals surface area contributed by atoms with Crippen molar-refractivity contribution in [3.8, 4) is 5.75 Å². The number of carbonyl (C=O) groups excluding carboxylic acids is 1. The number of ether oxygens (including phenoxy) is 1. The van der Waals surface area contributed by atoms with Crippen LogP contribution in [0.4, 0.5) is 13.2 Å². The van der Waals surface area contributed by atoms with Gasteiger partial charge in [-0.3, -0.25) is 4.79 Å². The Bertz CT molecular complexity index is 859. The van der Waals surface area contributed by atoms with Crippen molar-refractivity contribution in [2.24, 2.45) is 0 Å². The summed E-state index contributed by atoms with van der Waals surface area (Å²) in [6.07, 6.45) is -3.53. The molecule has 0 spiro atoms. The molecule has 0 saturated carbocycles. The third-order valence-corrected chi connectivity index (χ3v) is 4.61. The zero-order chi connectivity index (χ0) is 19.8. The van der Waals surface area contributed by atoms with E-state index in [-0.39, 0.29) is 18.1 Å². The number of hydrogen-bond donors (Lipinski definition) is 1. The third kappa shape index (κ3) is 4.26. The first-order chi connectivity index (χ1) is 12.6. The molecular formula is C21H22F3NO2. The molecule has 0 radical (unpaired) electrons. The molecule has 0 heterocycles. The van der Waals surface area contributed by atoms with E-state index in [1.807, 2.05) is 26.8 Å². The number of fused-ring (bicyclic) bond motifs is 1. The molecule has 0 aliphatic heterocycles. The van der Waals surface area contributed by atoms with Crippen LogP contribution in [0.15, 0.2) is 36.4 Å². The van der Waals surface area contributed by atoms with Crippen molar-refractivity contribution in [3.63, 3.8) is 0 Å². The van der Waals surface area contributed by atoms with E-state index in [0.717, 1.165) is 17.2 Å². The highest BCUT2D eigenvalue weighted by Crippen LogP contribution is 2.33. The number of hydrogen-bond acceptors (Lipinski definition) is 2. The molecule has 0 fully saturated rings. The van der Waals surface area contributed by atoms with Crippen LogP contribution in [-0.2, 0) is 19.0 Å². The van der Waals surface area contributed by atoms with Gasteiger partial charge in [-0.25, -0.2) is 0 Å². The van der Waals surface area contributed by atoms with Crippen molar-refractivity contribution in [3.05, 3.63) is 64.2 Å². The quantitative estimate of drug-likeness (QED) is 0.839. The van der Waals surface area contributed by atoms with E-state index in [0.29, 0.717) is 29.7 Å². The van der Waals surface area contributed by atoms with Crippen molar-refractivity contribution in [1.29, 1.82) is 0 Å². The molecule has 3 nitrogen and oxygen atoms in total. The lowest BCUT2D eigenvalue weighted by atomic mass is 10.1. The van der Waals surface area contributed by atoms with Crippen LogP contribution in [0.5, 0.6) is 5.75 Å². The van der Waals surface area contributed by atoms with E-state index in [1.54, 1.807) is 12.1 Å². The van der Waals surface area contributed by atoms with E-state index >= 15 is 0 Å². The van der Waals surface area contributed by atoms with Gasteiger partial charge < -0.3 is 10.1 Å². The molecule has 3 rings (SSSR count). The molecule has 1 N–H and O–H groups in total. The number of nitrogens with one attached hydrogen (secondary N) is 1. The topological polar surface area (TPSA) is 38.3 Å². The normalized spacial score (nSPS) is 16.3. The zero-order valence-electron chi connectivity index (χ0n) is 15.5. The van der Waals surface area contributed by atoms with Crippen LogP contribution in [0.2, 0.25) is 0 Å². The SMILES string of the molecule is Cc1cccc(C(=O)NC2Cc3ccc(C(F)(F)F)cc3C2)c1OC(C)C. The van der Waals surface area contributed by atoms with Crippen molar-refractivity contribution in [1.82, 2.24) is 5.32 Å². The first kappa shape index (κ1) is 19.3. The summed E-state index contributed by atoms with van der Waals surface area (Å²) in [5.74, 6) is 0.267. The van der Waals surface area contributed by atoms with Crippen molar-refractivity contribution >= 4 is 5.91 Å². The van der Waals surface area contributed by atoms with Gasteiger partial charge in [0.15, 0.2) is 0 Å². The maximum atomic E-state index is 12.9. The maximum absolute atomic E-state index is 12.9. The lowest BCUT2D eigenvalue weighted by molar-refractivity contribution is -0.137. The van der Waals surface area contributed by atoms with Gasteiger partial charge in [0.25, 0.3) is 5.91 Å². The van der Waals surface area contributed by atoms with Gasteiger partial charge in [0, 0.05) is 6.04 Å². The minimum Gasteiger partial charge on any atom is -0.490 e. The molecule has 6 heteroatoms. The van der Waals surface area contributed by atoms with E-state index in [2.05, 4.69) is 5.32 Å². The Labute approximate surface area is 156 Å². The van der Waals surface area contributed by atoms with Gasteiger partial charge >= 0.3 is 6.18 Å². The molecule has 0 saturated heterocycles. The molecule has 1 unspecified atom stereocenters. The summed E-state index contributed by atoms with van der Waals surface area (Å²) in [5.41, 5.74) is 2.13. The minimum absolute atomic E-state index is 0.0748. The standard InChI is InChI=1S/C21H22F3NO2/c1-12(2)27-19-13(3)5-4-6-18(19)20(26)25-17-10-14-7-8-16(21(22,23)24)9-15(14)11-17/h4-9,12,17H,10-11H2,1-3H3,(H,25,26). The second-order valence-electron chi connectivity index (χ2n) is 7.18. The molecular weight excluding hydrogens is 355 g/mol. The number of halogens is 3. The summed E-state index contributed by atoms with van der Waals surface area (Å²) >= 11 is 0. The molecule has 1 amide bonds. The number of amides is 1. The summed E-state index contributed by atoms with van der Waals surface area (Å²) in [6.45, 7) is 5.65. The Morgan fingerprint density at radius 2 is 1.85 bits per heavy atom. The van der Waals surface area contributed by atoms with E-state index in [9.17, 15) is 18.0 Å². The predicted octanol–water partition coefficient (Wildman–Crippen LogP) is 4.70. The number of alkyl halides is 3. The van der Waals surface area contributed by atoms with Crippen LogP contribution in [0.1, 0.15) is 46.5 Å². The Morgan fingerprint density at radius 3 is 2.52 bits per heavy atom. The number of benzene rings is 2. The summed E-state index contributed by atoms with van der Waals surface area (Å²) in [4.78, 5) is 12.8. The highest BCUT2D eigenvalue weighted by atomic mass is 19.4. The molecule has 1 aliphatic rings. The average Bonchev–Trinajstić information content (AvgIpc) is 2.96. The number of para-hydroxylation sites is 1. The highest BCUT2D eigenvalue weighted by Gasteiger charge is 2.33. The van der Waals surface area contributed by atoms with Gasteiger partial charge in [-0.2, -0.15) is 13.2 Å². The van der Waals surface area contributed by atoms with Crippen molar-refractivity contribution in [2.45, 2.75) is 51.9 Å². The fourth-order valence-electron chi connectivity index (χ4n) is 3.38. The molecule has 0 bridgehead atoms. The van der Waals surface area contributed by atoms with Crippen LogP contribution in [0, 0.1) is 6.92 Å². The largest absolute Gasteiger partial charge is 0.490 e. The van der Waals surface area contributed by atoms with Gasteiger partial charge in [0.2, 0.25) is 0 Å². The smallest absolute Gasteiger partial charge is 0.416 e. The number of carbonyl (C=O) groups is 1. The van der Waals surface area contributed by atoms with Crippen LogP contribution in [0.3, 0.4) is 0 Å². The fourth-order valence-corrected chi connectivity index (χ4v) is 3.38. The van der Waals surface area contributed by atoms with E-state index in [1.165, 1.54) is 12.1 Å². The van der Waals surface area contributed by atoms with E-state index in [4.69, 9.17) is 4.74 Å². The van der Waals surface area contributed by atoms with Gasteiger partial charge in [-0.1, -0.05) is 18.2 Å². The summed E-state index contributed by atoms with van der Waals surface area (Å²) < 4.78 is 44.5. The predicted molar refractivity (Wildman–Crippen MR) is 97.0 cm³/mol. The Hall–Kier alpha value is -2.50. The monoisotopic (exact) mass is 377 g/mol. The molecule has 2 aromatic rings. The molecule has 1 atom stereocenters. The van der Waals surface area contributed by atoms with Crippen LogP contribution >= 0.6 is 0 Å². The molecule has 144 valence electrons. The van der Waals surface area contributed by atoms with Gasteiger partial charge in [-0.15, -0.1) is 0 Å². The lowest BCUT2D eigenvalue weighted by Gasteiger charge is -2.18. The minimum atomic E-state index is -4.36. The second-order valence-corrected chi connectivity index (χ2v) is 7.18. The summed E-state index contributed by atoms with van der Waals surface area (Å²) in [5, 5.41) is 2.94. The van der Waals surface area contributed by atoms with Crippen LogP contribution in [0.25, 0.3) is 0 Å². The molecule has 2 aromatic carbocycles.